The maximum atomic E-state index is 11.6. The SMILES string of the molecule is C=CCC1CC(=O)C[C@H]([Si](C)(C)C)C1. The summed E-state index contributed by atoms with van der Waals surface area (Å²) in [5.41, 5.74) is 0.702. The first-order valence-corrected chi connectivity index (χ1v) is 9.13. The highest BCUT2D eigenvalue weighted by Crippen LogP contribution is 2.39. The molecule has 0 N–H and O–H groups in total. The minimum absolute atomic E-state index is 0.482. The van der Waals surface area contributed by atoms with E-state index >= 15 is 0 Å². The van der Waals surface area contributed by atoms with Crippen molar-refractivity contribution in [3.05, 3.63) is 12.7 Å². The molecule has 1 saturated carbocycles. The lowest BCUT2D eigenvalue weighted by Gasteiger charge is -2.35. The second kappa shape index (κ2) is 4.43. The average molecular weight is 210 g/mol. The summed E-state index contributed by atoms with van der Waals surface area (Å²) >= 11 is 0. The quantitative estimate of drug-likeness (QED) is 0.513. The topological polar surface area (TPSA) is 17.1 Å². The van der Waals surface area contributed by atoms with Crippen LogP contribution in [0.3, 0.4) is 0 Å². The van der Waals surface area contributed by atoms with E-state index in [2.05, 4.69) is 26.2 Å². The molecule has 0 radical (unpaired) electrons. The Kier molecular flexibility index (Phi) is 3.70. The van der Waals surface area contributed by atoms with E-state index in [0.717, 1.165) is 19.3 Å². The molecule has 2 heteroatoms. The van der Waals surface area contributed by atoms with Crippen molar-refractivity contribution in [1.29, 1.82) is 0 Å². The summed E-state index contributed by atoms with van der Waals surface area (Å²) < 4.78 is 0. The van der Waals surface area contributed by atoms with Gasteiger partial charge in [-0.1, -0.05) is 25.7 Å². The molecule has 0 aromatic heterocycles. The van der Waals surface area contributed by atoms with Crippen LogP contribution in [0.25, 0.3) is 0 Å². The predicted molar refractivity (Wildman–Crippen MR) is 64.3 cm³/mol. The molecule has 1 unspecified atom stereocenters. The van der Waals surface area contributed by atoms with E-state index in [1.165, 1.54) is 6.42 Å². The van der Waals surface area contributed by atoms with E-state index in [1.807, 2.05) is 6.08 Å². The average Bonchev–Trinajstić information content (AvgIpc) is 2.02. The van der Waals surface area contributed by atoms with Crippen LogP contribution in [0.2, 0.25) is 25.2 Å². The van der Waals surface area contributed by atoms with Crippen LogP contribution < -0.4 is 0 Å². The van der Waals surface area contributed by atoms with Gasteiger partial charge in [0.1, 0.15) is 5.78 Å². The van der Waals surface area contributed by atoms with Crippen molar-refractivity contribution >= 4 is 13.9 Å². The number of carbonyl (C=O) groups excluding carboxylic acids is 1. The van der Waals surface area contributed by atoms with Crippen molar-refractivity contribution in [3.63, 3.8) is 0 Å². The third-order valence-corrected chi connectivity index (χ3v) is 6.22. The molecule has 0 aliphatic heterocycles. The van der Waals surface area contributed by atoms with Crippen LogP contribution >= 0.6 is 0 Å². The van der Waals surface area contributed by atoms with Gasteiger partial charge in [-0.2, -0.15) is 0 Å². The zero-order chi connectivity index (χ0) is 10.8. The van der Waals surface area contributed by atoms with Crippen molar-refractivity contribution < 1.29 is 4.79 Å². The molecule has 1 aliphatic carbocycles. The van der Waals surface area contributed by atoms with Crippen LogP contribution in [0.4, 0.5) is 0 Å². The van der Waals surface area contributed by atoms with Gasteiger partial charge in [0.15, 0.2) is 0 Å². The molecule has 14 heavy (non-hydrogen) atoms. The molecule has 0 bridgehead atoms. The number of Topliss-reactive ketones (excluding diaryl/α,β-unsaturated/α-hetero) is 1. The molecule has 0 heterocycles. The maximum Gasteiger partial charge on any atom is 0.133 e. The Morgan fingerprint density at radius 3 is 2.57 bits per heavy atom. The Labute approximate surface area is 88.6 Å². The van der Waals surface area contributed by atoms with E-state index in [0.29, 0.717) is 17.2 Å². The second-order valence-electron chi connectivity index (χ2n) is 5.64. The Hall–Kier alpha value is -0.373. The van der Waals surface area contributed by atoms with Gasteiger partial charge in [0.05, 0.1) is 0 Å². The van der Waals surface area contributed by atoms with Gasteiger partial charge in [0.25, 0.3) is 0 Å². The first kappa shape index (κ1) is 11.7. The van der Waals surface area contributed by atoms with Crippen LogP contribution in [0.1, 0.15) is 25.7 Å². The molecule has 80 valence electrons. The van der Waals surface area contributed by atoms with Crippen molar-refractivity contribution in [2.45, 2.75) is 50.9 Å². The molecule has 0 amide bonds. The molecule has 1 fully saturated rings. The fraction of sp³-hybridized carbons (Fsp3) is 0.750. The number of carbonyl (C=O) groups is 1. The third-order valence-electron chi connectivity index (χ3n) is 3.33. The molecule has 0 aromatic rings. The Balaban J connectivity index is 2.62. The fourth-order valence-corrected chi connectivity index (χ4v) is 4.20. The molecule has 0 aromatic carbocycles. The Morgan fingerprint density at radius 1 is 1.43 bits per heavy atom. The van der Waals surface area contributed by atoms with Gasteiger partial charge in [-0.25, -0.2) is 0 Å². The summed E-state index contributed by atoms with van der Waals surface area (Å²) in [5.74, 6) is 1.07. The molecule has 1 aliphatic rings. The van der Waals surface area contributed by atoms with Crippen molar-refractivity contribution in [1.82, 2.24) is 0 Å². The first-order valence-electron chi connectivity index (χ1n) is 5.56. The number of ketones is 1. The van der Waals surface area contributed by atoms with Crippen LogP contribution in [0.15, 0.2) is 12.7 Å². The minimum Gasteiger partial charge on any atom is -0.300 e. The third kappa shape index (κ3) is 3.09. The molecule has 2 atom stereocenters. The normalized spacial score (nSPS) is 28.9. The fourth-order valence-electron chi connectivity index (χ4n) is 2.32. The summed E-state index contributed by atoms with van der Waals surface area (Å²) in [6, 6.07) is 0. The van der Waals surface area contributed by atoms with E-state index in [4.69, 9.17) is 0 Å². The molecule has 1 nitrogen and oxygen atoms in total. The van der Waals surface area contributed by atoms with E-state index in [-0.39, 0.29) is 0 Å². The van der Waals surface area contributed by atoms with Crippen molar-refractivity contribution in [2.75, 3.05) is 0 Å². The highest BCUT2D eigenvalue weighted by atomic mass is 28.3. The van der Waals surface area contributed by atoms with Gasteiger partial charge in [-0.05, 0) is 24.3 Å². The minimum atomic E-state index is -1.12. The highest BCUT2D eigenvalue weighted by molar-refractivity contribution is 6.77. The maximum absolute atomic E-state index is 11.6. The van der Waals surface area contributed by atoms with E-state index in [9.17, 15) is 4.79 Å². The van der Waals surface area contributed by atoms with Gasteiger partial charge in [-0.3, -0.25) is 4.79 Å². The number of hydrogen-bond acceptors (Lipinski definition) is 1. The van der Waals surface area contributed by atoms with Gasteiger partial charge >= 0.3 is 0 Å². The van der Waals surface area contributed by atoms with Crippen LogP contribution in [0.5, 0.6) is 0 Å². The van der Waals surface area contributed by atoms with E-state index in [1.54, 1.807) is 0 Å². The second-order valence-corrected chi connectivity index (χ2v) is 11.2. The Bertz CT molecular complexity index is 227. The Morgan fingerprint density at radius 2 is 2.07 bits per heavy atom. The molecular weight excluding hydrogens is 188 g/mol. The van der Waals surface area contributed by atoms with Gasteiger partial charge in [-0.15, -0.1) is 6.58 Å². The zero-order valence-corrected chi connectivity index (χ0v) is 10.7. The smallest absolute Gasteiger partial charge is 0.133 e. The van der Waals surface area contributed by atoms with Gasteiger partial charge in [0, 0.05) is 20.9 Å². The van der Waals surface area contributed by atoms with Crippen molar-refractivity contribution in [2.24, 2.45) is 5.92 Å². The van der Waals surface area contributed by atoms with Crippen LogP contribution in [-0.4, -0.2) is 13.9 Å². The summed E-state index contributed by atoms with van der Waals surface area (Å²) in [4.78, 5) is 11.6. The molecule has 0 spiro atoms. The summed E-state index contributed by atoms with van der Waals surface area (Å²) in [5, 5.41) is 0. The summed E-state index contributed by atoms with van der Waals surface area (Å²) in [6.07, 6.45) is 5.89. The summed E-state index contributed by atoms with van der Waals surface area (Å²) in [6.45, 7) is 10.9. The lowest BCUT2D eigenvalue weighted by molar-refractivity contribution is -0.121. The van der Waals surface area contributed by atoms with Gasteiger partial charge < -0.3 is 0 Å². The number of allylic oxidation sites excluding steroid dienone is 1. The lowest BCUT2D eigenvalue weighted by atomic mass is 9.86. The largest absolute Gasteiger partial charge is 0.300 e. The number of hydrogen-bond donors (Lipinski definition) is 0. The lowest BCUT2D eigenvalue weighted by Crippen LogP contribution is -2.35. The van der Waals surface area contributed by atoms with E-state index < -0.39 is 8.07 Å². The standard InChI is InChI=1S/C12H22OSi/c1-5-6-10-7-11(13)9-12(8-10)14(2,3)4/h5,10,12H,1,6-9H2,2-4H3/t10?,12-/m1/s1. The van der Waals surface area contributed by atoms with Crippen LogP contribution in [0, 0.1) is 5.92 Å². The predicted octanol–water partition coefficient (Wildman–Crippen LogP) is 3.64. The number of rotatable bonds is 3. The zero-order valence-electron chi connectivity index (χ0n) is 9.68. The molecule has 1 rings (SSSR count). The summed E-state index contributed by atoms with van der Waals surface area (Å²) in [7, 11) is -1.12. The monoisotopic (exact) mass is 210 g/mol. The van der Waals surface area contributed by atoms with Gasteiger partial charge in [0.2, 0.25) is 0 Å². The molecular formula is C12H22OSi. The van der Waals surface area contributed by atoms with Crippen molar-refractivity contribution in [3.8, 4) is 0 Å². The highest BCUT2D eigenvalue weighted by Gasteiger charge is 2.34. The van der Waals surface area contributed by atoms with Crippen LogP contribution in [-0.2, 0) is 4.79 Å². The first-order chi connectivity index (χ1) is 6.43. The molecule has 0 saturated heterocycles.